The molecule has 1 aromatic rings. The standard InChI is InChI=1S/C9H14N4/c1-8-4-5-13(12-8)7-9(2,6-10)11-3/h4-5,11H,7H2,1-3H3. The van der Waals surface area contributed by atoms with Crippen molar-refractivity contribution in [1.29, 1.82) is 5.26 Å². The van der Waals surface area contributed by atoms with Crippen LogP contribution in [0.15, 0.2) is 12.3 Å². The van der Waals surface area contributed by atoms with Gasteiger partial charge in [0.1, 0.15) is 5.54 Å². The monoisotopic (exact) mass is 178 g/mol. The molecule has 0 aliphatic heterocycles. The molecule has 0 radical (unpaired) electrons. The molecule has 0 aliphatic carbocycles. The lowest BCUT2D eigenvalue weighted by Gasteiger charge is -2.20. The topological polar surface area (TPSA) is 53.6 Å². The number of hydrogen-bond acceptors (Lipinski definition) is 3. The average molecular weight is 178 g/mol. The lowest BCUT2D eigenvalue weighted by atomic mass is 10.1. The number of likely N-dealkylation sites (N-methyl/N-ethyl adjacent to an activating group) is 1. The van der Waals surface area contributed by atoms with Crippen LogP contribution in [0.1, 0.15) is 12.6 Å². The highest BCUT2D eigenvalue weighted by Crippen LogP contribution is 2.05. The summed E-state index contributed by atoms with van der Waals surface area (Å²) in [5, 5.41) is 16.1. The van der Waals surface area contributed by atoms with Crippen LogP contribution in [-0.4, -0.2) is 22.4 Å². The quantitative estimate of drug-likeness (QED) is 0.741. The Morgan fingerprint density at radius 3 is 2.85 bits per heavy atom. The predicted molar refractivity (Wildman–Crippen MR) is 50.0 cm³/mol. The molecule has 0 spiro atoms. The molecule has 1 aromatic heterocycles. The number of nitriles is 1. The van der Waals surface area contributed by atoms with Crippen molar-refractivity contribution in [3.05, 3.63) is 18.0 Å². The zero-order valence-corrected chi connectivity index (χ0v) is 8.20. The summed E-state index contributed by atoms with van der Waals surface area (Å²) in [5.41, 5.74) is 0.426. The second-order valence-corrected chi connectivity index (χ2v) is 3.35. The first-order chi connectivity index (χ1) is 6.09. The van der Waals surface area contributed by atoms with E-state index in [0.29, 0.717) is 6.54 Å². The number of aromatic nitrogens is 2. The fourth-order valence-corrected chi connectivity index (χ4v) is 1.05. The lowest BCUT2D eigenvalue weighted by molar-refractivity contribution is 0.395. The molecule has 4 heteroatoms. The van der Waals surface area contributed by atoms with Gasteiger partial charge >= 0.3 is 0 Å². The molecule has 1 unspecified atom stereocenters. The largest absolute Gasteiger partial charge is 0.301 e. The average Bonchev–Trinajstić information content (AvgIpc) is 2.51. The van der Waals surface area contributed by atoms with E-state index in [4.69, 9.17) is 5.26 Å². The van der Waals surface area contributed by atoms with Gasteiger partial charge < -0.3 is 5.32 Å². The minimum atomic E-state index is -0.543. The van der Waals surface area contributed by atoms with E-state index in [1.165, 1.54) is 0 Å². The number of rotatable bonds is 3. The van der Waals surface area contributed by atoms with Crippen LogP contribution in [0.4, 0.5) is 0 Å². The number of nitrogens with zero attached hydrogens (tertiary/aromatic N) is 3. The summed E-state index contributed by atoms with van der Waals surface area (Å²) < 4.78 is 1.77. The van der Waals surface area contributed by atoms with Crippen LogP contribution in [0.2, 0.25) is 0 Å². The van der Waals surface area contributed by atoms with Crippen molar-refractivity contribution in [3.8, 4) is 6.07 Å². The third kappa shape index (κ3) is 2.30. The smallest absolute Gasteiger partial charge is 0.123 e. The van der Waals surface area contributed by atoms with Gasteiger partial charge in [-0.25, -0.2) is 0 Å². The van der Waals surface area contributed by atoms with Gasteiger partial charge in [0, 0.05) is 6.20 Å². The zero-order valence-electron chi connectivity index (χ0n) is 8.20. The van der Waals surface area contributed by atoms with E-state index in [2.05, 4.69) is 16.5 Å². The first kappa shape index (κ1) is 9.75. The Labute approximate surface area is 78.2 Å². The number of nitrogens with one attached hydrogen (secondary N) is 1. The molecule has 0 amide bonds. The summed E-state index contributed by atoms with van der Waals surface area (Å²) in [4.78, 5) is 0. The fraction of sp³-hybridized carbons (Fsp3) is 0.556. The highest BCUT2D eigenvalue weighted by atomic mass is 15.3. The highest BCUT2D eigenvalue weighted by molar-refractivity contribution is 5.04. The zero-order chi connectivity index (χ0) is 9.90. The number of aryl methyl sites for hydroxylation is 1. The molecule has 13 heavy (non-hydrogen) atoms. The molecular formula is C9H14N4. The van der Waals surface area contributed by atoms with Crippen molar-refractivity contribution < 1.29 is 0 Å². The molecule has 4 nitrogen and oxygen atoms in total. The Morgan fingerprint density at radius 1 is 1.77 bits per heavy atom. The van der Waals surface area contributed by atoms with E-state index in [1.807, 2.05) is 26.1 Å². The molecule has 1 atom stereocenters. The third-order valence-electron chi connectivity index (χ3n) is 2.05. The Balaban J connectivity index is 2.74. The van der Waals surface area contributed by atoms with Crippen LogP contribution in [0.3, 0.4) is 0 Å². The molecule has 0 saturated carbocycles. The van der Waals surface area contributed by atoms with Crippen LogP contribution in [0.5, 0.6) is 0 Å². The van der Waals surface area contributed by atoms with Crippen molar-refractivity contribution in [3.63, 3.8) is 0 Å². The van der Waals surface area contributed by atoms with Gasteiger partial charge in [-0.1, -0.05) is 0 Å². The van der Waals surface area contributed by atoms with Crippen LogP contribution < -0.4 is 5.32 Å². The second-order valence-electron chi connectivity index (χ2n) is 3.35. The molecule has 1 rings (SSSR count). The van der Waals surface area contributed by atoms with E-state index in [1.54, 1.807) is 11.7 Å². The van der Waals surface area contributed by atoms with E-state index >= 15 is 0 Å². The van der Waals surface area contributed by atoms with E-state index in [0.717, 1.165) is 5.69 Å². The Hall–Kier alpha value is -1.34. The van der Waals surface area contributed by atoms with Crippen molar-refractivity contribution in [1.82, 2.24) is 15.1 Å². The van der Waals surface area contributed by atoms with Crippen LogP contribution in [0, 0.1) is 18.3 Å². The second kappa shape index (κ2) is 3.58. The maximum absolute atomic E-state index is 8.90. The normalized spacial score (nSPS) is 14.9. The summed E-state index contributed by atoms with van der Waals surface area (Å²) in [6, 6.07) is 4.14. The molecular weight excluding hydrogens is 164 g/mol. The van der Waals surface area contributed by atoms with E-state index in [-0.39, 0.29) is 0 Å². The molecule has 1 heterocycles. The summed E-state index contributed by atoms with van der Waals surface area (Å²) in [5.74, 6) is 0. The molecule has 0 aliphatic rings. The summed E-state index contributed by atoms with van der Waals surface area (Å²) in [6.45, 7) is 4.34. The Bertz CT molecular complexity index is 323. The van der Waals surface area contributed by atoms with Crippen molar-refractivity contribution in [2.75, 3.05) is 7.05 Å². The van der Waals surface area contributed by atoms with Crippen LogP contribution >= 0.6 is 0 Å². The molecule has 1 N–H and O–H groups in total. The van der Waals surface area contributed by atoms with Gasteiger partial charge in [-0.3, -0.25) is 4.68 Å². The van der Waals surface area contributed by atoms with Gasteiger partial charge in [0.05, 0.1) is 18.3 Å². The van der Waals surface area contributed by atoms with E-state index < -0.39 is 5.54 Å². The molecule has 0 aromatic carbocycles. The predicted octanol–water partition coefficient (Wildman–Crippen LogP) is 0.693. The third-order valence-corrected chi connectivity index (χ3v) is 2.05. The first-order valence-electron chi connectivity index (χ1n) is 4.20. The summed E-state index contributed by atoms with van der Waals surface area (Å²) in [7, 11) is 1.78. The fourth-order valence-electron chi connectivity index (χ4n) is 1.05. The summed E-state index contributed by atoms with van der Waals surface area (Å²) >= 11 is 0. The van der Waals surface area contributed by atoms with Gasteiger partial charge in [0.25, 0.3) is 0 Å². The van der Waals surface area contributed by atoms with Gasteiger partial charge in [-0.05, 0) is 27.0 Å². The molecule has 0 bridgehead atoms. The summed E-state index contributed by atoms with van der Waals surface area (Å²) in [6.07, 6.45) is 1.88. The molecule has 70 valence electrons. The van der Waals surface area contributed by atoms with E-state index in [9.17, 15) is 0 Å². The number of hydrogen-bond donors (Lipinski definition) is 1. The van der Waals surface area contributed by atoms with Gasteiger partial charge in [-0.15, -0.1) is 0 Å². The Morgan fingerprint density at radius 2 is 2.46 bits per heavy atom. The van der Waals surface area contributed by atoms with Crippen molar-refractivity contribution in [2.24, 2.45) is 0 Å². The highest BCUT2D eigenvalue weighted by Gasteiger charge is 2.21. The molecule has 0 fully saturated rings. The maximum atomic E-state index is 8.90. The maximum Gasteiger partial charge on any atom is 0.123 e. The van der Waals surface area contributed by atoms with Gasteiger partial charge in [0.2, 0.25) is 0 Å². The lowest BCUT2D eigenvalue weighted by Crippen LogP contribution is -2.42. The first-order valence-corrected chi connectivity index (χ1v) is 4.20. The Kier molecular flexibility index (Phi) is 2.69. The van der Waals surface area contributed by atoms with Gasteiger partial charge in [0.15, 0.2) is 0 Å². The van der Waals surface area contributed by atoms with Crippen molar-refractivity contribution in [2.45, 2.75) is 25.9 Å². The minimum absolute atomic E-state index is 0.543. The minimum Gasteiger partial charge on any atom is -0.301 e. The SMILES string of the molecule is CNC(C)(C#N)Cn1ccc(C)n1. The van der Waals surface area contributed by atoms with Crippen molar-refractivity contribution >= 4 is 0 Å². The van der Waals surface area contributed by atoms with Gasteiger partial charge in [-0.2, -0.15) is 10.4 Å². The van der Waals surface area contributed by atoms with Crippen LogP contribution in [-0.2, 0) is 6.54 Å². The van der Waals surface area contributed by atoms with Crippen LogP contribution in [0.25, 0.3) is 0 Å². The molecule has 0 saturated heterocycles.